The van der Waals surface area contributed by atoms with Gasteiger partial charge in [-0.2, -0.15) is 13.2 Å². The first-order chi connectivity index (χ1) is 12.2. The summed E-state index contributed by atoms with van der Waals surface area (Å²) in [5.74, 6) is -1.27. The fourth-order valence-electron chi connectivity index (χ4n) is 2.39. The lowest BCUT2D eigenvalue weighted by molar-refractivity contribution is -0.137. The number of nitrogens with zero attached hydrogens (tertiary/aromatic N) is 1. The molecule has 0 bridgehead atoms. The van der Waals surface area contributed by atoms with Crippen molar-refractivity contribution in [1.29, 1.82) is 0 Å². The second-order valence-corrected chi connectivity index (χ2v) is 6.90. The molecule has 2 atom stereocenters. The highest BCUT2D eigenvalue weighted by molar-refractivity contribution is 8.14. The summed E-state index contributed by atoms with van der Waals surface area (Å²) in [6, 6.07) is 2.67. The Balaban J connectivity index is 1.60. The zero-order valence-electron chi connectivity index (χ0n) is 13.0. The maximum Gasteiger partial charge on any atom is 0.416 e. The number of alkyl halides is 3. The van der Waals surface area contributed by atoms with Crippen molar-refractivity contribution in [3.05, 3.63) is 28.8 Å². The number of thioether (sulfide) groups is 1. The largest absolute Gasteiger partial charge is 0.416 e. The van der Waals surface area contributed by atoms with E-state index in [4.69, 9.17) is 11.6 Å². The summed E-state index contributed by atoms with van der Waals surface area (Å²) in [6.45, 7) is 0.451. The minimum Gasteiger partial charge on any atom is -0.324 e. The number of amidine groups is 1. The smallest absolute Gasteiger partial charge is 0.324 e. The van der Waals surface area contributed by atoms with Gasteiger partial charge in [0.05, 0.1) is 27.9 Å². The van der Waals surface area contributed by atoms with E-state index in [-0.39, 0.29) is 33.5 Å². The summed E-state index contributed by atoms with van der Waals surface area (Å²) >= 11 is 6.80. The van der Waals surface area contributed by atoms with Gasteiger partial charge in [0.2, 0.25) is 11.8 Å². The van der Waals surface area contributed by atoms with Crippen LogP contribution < -0.4 is 21.5 Å². The molecule has 2 heterocycles. The van der Waals surface area contributed by atoms with Gasteiger partial charge in [0.15, 0.2) is 5.17 Å². The lowest BCUT2D eigenvalue weighted by atomic mass is 10.1. The number of benzene rings is 1. The summed E-state index contributed by atoms with van der Waals surface area (Å²) in [4.78, 5) is 28.2. The van der Waals surface area contributed by atoms with Gasteiger partial charge >= 0.3 is 6.18 Å². The molecule has 1 fully saturated rings. The van der Waals surface area contributed by atoms with Gasteiger partial charge in [-0.25, -0.2) is 10.4 Å². The number of hydrazine groups is 1. The van der Waals surface area contributed by atoms with E-state index in [2.05, 4.69) is 26.5 Å². The van der Waals surface area contributed by atoms with E-state index in [1.807, 2.05) is 0 Å². The van der Waals surface area contributed by atoms with E-state index in [0.717, 1.165) is 30.0 Å². The monoisotopic (exact) mass is 407 g/mol. The number of carbonyl (C=O) groups excluding carboxylic acids is 2. The Bertz CT molecular complexity index is 773. The molecule has 140 valence electrons. The molecule has 0 radical (unpaired) electrons. The molecule has 4 N–H and O–H groups in total. The molecular weight excluding hydrogens is 395 g/mol. The highest BCUT2D eigenvalue weighted by atomic mass is 35.5. The highest BCUT2D eigenvalue weighted by Crippen LogP contribution is 2.33. The molecule has 1 saturated heterocycles. The highest BCUT2D eigenvalue weighted by Gasteiger charge is 2.37. The number of rotatable bonds is 3. The summed E-state index contributed by atoms with van der Waals surface area (Å²) in [5.41, 5.74) is 4.61. The predicted octanol–water partition coefficient (Wildman–Crippen LogP) is 1.57. The third kappa shape index (κ3) is 4.29. The maximum absolute atomic E-state index is 12.7. The lowest BCUT2D eigenvalue weighted by Crippen LogP contribution is -2.46. The number of nitrogens with one attached hydrogen (secondary N) is 4. The lowest BCUT2D eigenvalue weighted by Gasteiger charge is -2.21. The number of halogens is 4. The third-order valence-corrected chi connectivity index (χ3v) is 4.90. The first kappa shape index (κ1) is 19.0. The van der Waals surface area contributed by atoms with Crippen molar-refractivity contribution in [2.75, 3.05) is 17.6 Å². The number of carbonyl (C=O) groups is 2. The van der Waals surface area contributed by atoms with E-state index in [9.17, 15) is 22.8 Å². The molecule has 12 heteroatoms. The van der Waals surface area contributed by atoms with Crippen molar-refractivity contribution in [2.45, 2.75) is 12.3 Å². The van der Waals surface area contributed by atoms with Gasteiger partial charge in [0.1, 0.15) is 6.17 Å². The molecule has 2 aliphatic heterocycles. The number of aliphatic imine (C=N–C) groups is 1. The van der Waals surface area contributed by atoms with Crippen LogP contribution in [-0.4, -0.2) is 35.4 Å². The van der Waals surface area contributed by atoms with Gasteiger partial charge in [-0.1, -0.05) is 23.4 Å². The van der Waals surface area contributed by atoms with Gasteiger partial charge in [0.25, 0.3) is 0 Å². The van der Waals surface area contributed by atoms with Crippen LogP contribution in [0.5, 0.6) is 0 Å². The molecule has 26 heavy (non-hydrogen) atoms. The summed E-state index contributed by atoms with van der Waals surface area (Å²) in [7, 11) is 0. The van der Waals surface area contributed by atoms with Crippen molar-refractivity contribution < 1.29 is 22.8 Å². The average Bonchev–Trinajstić information content (AvgIpc) is 3.03. The van der Waals surface area contributed by atoms with Crippen LogP contribution in [0.15, 0.2) is 23.2 Å². The van der Waals surface area contributed by atoms with Crippen molar-refractivity contribution in [1.82, 2.24) is 16.2 Å². The predicted molar refractivity (Wildman–Crippen MR) is 91.5 cm³/mol. The van der Waals surface area contributed by atoms with E-state index in [0.29, 0.717) is 6.54 Å². The zero-order chi connectivity index (χ0) is 18.9. The number of fused-ring (bicyclic) bond motifs is 1. The Morgan fingerprint density at radius 2 is 2.19 bits per heavy atom. The number of anilines is 1. The van der Waals surface area contributed by atoms with Crippen molar-refractivity contribution in [3.8, 4) is 0 Å². The molecule has 1 aromatic carbocycles. The molecule has 3 rings (SSSR count). The normalized spacial score (nSPS) is 22.5. The maximum atomic E-state index is 12.7. The van der Waals surface area contributed by atoms with Gasteiger partial charge < -0.3 is 10.6 Å². The topological polar surface area (TPSA) is 94.6 Å². The van der Waals surface area contributed by atoms with Crippen LogP contribution in [0.4, 0.5) is 18.9 Å². The molecule has 1 aromatic rings. The number of amides is 2. The van der Waals surface area contributed by atoms with Crippen molar-refractivity contribution >= 4 is 46.0 Å². The van der Waals surface area contributed by atoms with Crippen LogP contribution in [0, 0.1) is 5.92 Å². The molecule has 0 aromatic heterocycles. The van der Waals surface area contributed by atoms with Crippen LogP contribution in [0.1, 0.15) is 5.56 Å². The van der Waals surface area contributed by atoms with Gasteiger partial charge in [-0.15, -0.1) is 0 Å². The van der Waals surface area contributed by atoms with Gasteiger partial charge in [-0.3, -0.25) is 15.0 Å². The van der Waals surface area contributed by atoms with Crippen molar-refractivity contribution in [2.24, 2.45) is 10.9 Å². The minimum atomic E-state index is -4.54. The van der Waals surface area contributed by atoms with E-state index in [1.165, 1.54) is 0 Å². The molecule has 0 spiro atoms. The fraction of sp³-hybridized carbons (Fsp3) is 0.357. The van der Waals surface area contributed by atoms with Crippen LogP contribution >= 0.6 is 23.4 Å². The fourth-order valence-corrected chi connectivity index (χ4v) is 3.26. The number of hydrogen-bond donors (Lipinski definition) is 4. The van der Waals surface area contributed by atoms with Crippen LogP contribution in [0.25, 0.3) is 0 Å². The molecule has 0 saturated carbocycles. The zero-order valence-corrected chi connectivity index (χ0v) is 14.6. The molecule has 0 aliphatic carbocycles. The summed E-state index contributed by atoms with van der Waals surface area (Å²) < 4.78 is 38.2. The van der Waals surface area contributed by atoms with Crippen molar-refractivity contribution in [3.63, 3.8) is 0 Å². The second-order valence-electron chi connectivity index (χ2n) is 5.53. The molecule has 2 aliphatic rings. The Morgan fingerprint density at radius 1 is 1.42 bits per heavy atom. The van der Waals surface area contributed by atoms with Gasteiger partial charge in [-0.05, 0) is 18.2 Å². The Morgan fingerprint density at radius 3 is 2.92 bits per heavy atom. The average molecular weight is 408 g/mol. The molecular formula is C14H13ClF3N5O2S. The quantitative estimate of drug-likeness (QED) is 0.610. The Labute approximate surface area is 155 Å². The Kier molecular flexibility index (Phi) is 5.42. The standard InChI is InChI=1S/C14H13ClF3N5O2S/c15-8-2-1-6(14(16,17)18)3-9(8)20-10(24)5-26-13-21-11-7(4-19-23-11)12(25)22-13/h1-3,7,11,19,23H,4-5H2,(H,20,24)(H,21,22,25). The molecule has 2 unspecified atom stereocenters. The first-order valence-corrected chi connectivity index (χ1v) is 8.77. The summed E-state index contributed by atoms with van der Waals surface area (Å²) in [5, 5.41) is 5.17. The van der Waals surface area contributed by atoms with Crippen LogP contribution in [0.3, 0.4) is 0 Å². The SMILES string of the molecule is O=C(CSC1=NC2NNCC2C(=O)N1)Nc1cc(C(F)(F)F)ccc1Cl. The second kappa shape index (κ2) is 7.43. The molecule has 2 amide bonds. The third-order valence-electron chi connectivity index (χ3n) is 3.68. The van der Waals surface area contributed by atoms with Gasteiger partial charge in [0, 0.05) is 6.54 Å². The Hall–Kier alpha value is -1.82. The van der Waals surface area contributed by atoms with Crippen LogP contribution in [-0.2, 0) is 15.8 Å². The molecule has 7 nitrogen and oxygen atoms in total. The van der Waals surface area contributed by atoms with Crippen LogP contribution in [0.2, 0.25) is 5.02 Å². The minimum absolute atomic E-state index is 0.0104. The van der Waals surface area contributed by atoms with E-state index < -0.39 is 23.8 Å². The van der Waals surface area contributed by atoms with E-state index >= 15 is 0 Å². The number of hydrogen-bond acceptors (Lipinski definition) is 6. The first-order valence-electron chi connectivity index (χ1n) is 7.40. The summed E-state index contributed by atoms with van der Waals surface area (Å²) in [6.07, 6.45) is -4.95. The van der Waals surface area contributed by atoms with E-state index in [1.54, 1.807) is 0 Å².